The smallest absolute Gasteiger partial charge is 0.224 e. The molecule has 0 saturated heterocycles. The summed E-state index contributed by atoms with van der Waals surface area (Å²) >= 11 is 2.42. The maximum Gasteiger partial charge on any atom is 0.280 e. The van der Waals surface area contributed by atoms with Crippen molar-refractivity contribution in [3.63, 3.8) is 0 Å². The van der Waals surface area contributed by atoms with Crippen LogP contribution >= 0.6 is 23.3 Å². The summed E-state index contributed by atoms with van der Waals surface area (Å²) in [6.45, 7) is 5.65. The summed E-state index contributed by atoms with van der Waals surface area (Å²) in [5, 5.41) is 0. The molecular weight excluding hydrogens is 360 g/mol. The van der Waals surface area contributed by atoms with Gasteiger partial charge >= 0.3 is 0 Å². The average Bonchev–Trinajstić information content (AvgIpc) is 2.97. The van der Waals surface area contributed by atoms with Crippen LogP contribution in [-0.2, 0) is 10.0 Å². The number of hydrogen-bond acceptors (Lipinski definition) is 5. The Labute approximate surface area is 150 Å². The first-order valence-corrected chi connectivity index (χ1v) is 10.5. The van der Waals surface area contributed by atoms with Crippen LogP contribution in [0.5, 0.6) is 0 Å². The second kappa shape index (κ2) is 6.48. The van der Waals surface area contributed by atoms with Gasteiger partial charge in [-0.25, -0.2) is 13.4 Å². The predicted molar refractivity (Wildman–Crippen MR) is 101 cm³/mol. The van der Waals surface area contributed by atoms with Crippen molar-refractivity contribution in [2.24, 2.45) is 0 Å². The van der Waals surface area contributed by atoms with Gasteiger partial charge in [0.1, 0.15) is 0 Å². The third-order valence-corrected chi connectivity index (χ3v) is 8.43. The Morgan fingerprint density at radius 1 is 1.00 bits per heavy atom. The molecule has 0 bridgehead atoms. The van der Waals surface area contributed by atoms with Gasteiger partial charge in [0, 0.05) is 10.4 Å². The zero-order chi connectivity index (χ0) is 17.4. The molecule has 3 aromatic rings. The van der Waals surface area contributed by atoms with Crippen molar-refractivity contribution in [1.82, 2.24) is 8.69 Å². The highest BCUT2D eigenvalue weighted by atomic mass is 32.3. The van der Waals surface area contributed by atoms with Crippen molar-refractivity contribution < 1.29 is 8.42 Å². The first-order chi connectivity index (χ1) is 11.3. The third-order valence-electron chi connectivity index (χ3n) is 3.19. The maximum atomic E-state index is 13.2. The zero-order valence-corrected chi connectivity index (χ0v) is 16.1. The van der Waals surface area contributed by atoms with Gasteiger partial charge in [0.15, 0.2) is 0 Å². The van der Waals surface area contributed by atoms with Crippen LogP contribution < -0.4 is 0 Å². The van der Waals surface area contributed by atoms with E-state index >= 15 is 0 Å². The molecule has 0 fully saturated rings. The molecule has 0 aliphatic heterocycles. The summed E-state index contributed by atoms with van der Waals surface area (Å²) in [5.74, 6) is 0. The molecule has 0 spiro atoms. The second-order valence-electron chi connectivity index (χ2n) is 6.25. The Morgan fingerprint density at radius 2 is 1.62 bits per heavy atom. The molecule has 0 radical (unpaired) electrons. The van der Waals surface area contributed by atoms with Crippen LogP contribution in [0.15, 0.2) is 63.8 Å². The fourth-order valence-corrected chi connectivity index (χ4v) is 6.59. The molecule has 0 aliphatic rings. The molecule has 1 aromatic heterocycles. The number of para-hydroxylation sites is 1. The maximum absolute atomic E-state index is 13.2. The molecule has 7 heteroatoms. The molecule has 3 rings (SSSR count). The number of benzene rings is 2. The molecule has 0 unspecified atom stereocenters. The van der Waals surface area contributed by atoms with Crippen LogP contribution in [0.3, 0.4) is 0 Å². The van der Waals surface area contributed by atoms with Crippen LogP contribution in [0.2, 0.25) is 0 Å². The van der Waals surface area contributed by atoms with E-state index in [0.29, 0.717) is 5.52 Å². The average molecular weight is 379 g/mol. The van der Waals surface area contributed by atoms with Crippen molar-refractivity contribution in [3.05, 3.63) is 54.6 Å². The van der Waals surface area contributed by atoms with Crippen molar-refractivity contribution >= 4 is 43.5 Å². The summed E-state index contributed by atoms with van der Waals surface area (Å²) in [5.41, 5.74) is 0.122. The van der Waals surface area contributed by atoms with Crippen LogP contribution in [0.4, 0.5) is 0 Å². The molecule has 0 saturated carbocycles. The van der Waals surface area contributed by atoms with E-state index in [4.69, 9.17) is 0 Å². The van der Waals surface area contributed by atoms with Gasteiger partial charge in [-0.15, -0.1) is 15.0 Å². The molecule has 0 N–H and O–H groups in total. The quantitative estimate of drug-likeness (QED) is 0.612. The zero-order valence-electron chi connectivity index (χ0n) is 13.6. The number of rotatable bonds is 4. The van der Waals surface area contributed by atoms with Gasteiger partial charge in [-0.05, 0) is 57.0 Å². The monoisotopic (exact) mass is 378 g/mol. The van der Waals surface area contributed by atoms with Crippen molar-refractivity contribution in [1.29, 1.82) is 0 Å². The standard InChI is InChI=1S/C17H18N2O2S3/c1-17(2,3)19(23-13-9-5-4-6-10-13)24(20,21)16-18-14-11-7-8-12-15(14)22-16/h4-12H,1-3H3. The summed E-state index contributed by atoms with van der Waals surface area (Å²) < 4.78 is 28.8. The van der Waals surface area contributed by atoms with Crippen LogP contribution in [0, 0.1) is 0 Å². The lowest BCUT2D eigenvalue weighted by Gasteiger charge is -2.32. The van der Waals surface area contributed by atoms with E-state index < -0.39 is 15.6 Å². The van der Waals surface area contributed by atoms with Crippen molar-refractivity contribution in [2.75, 3.05) is 0 Å². The number of thiazole rings is 1. The van der Waals surface area contributed by atoms with E-state index in [1.54, 1.807) is 0 Å². The van der Waals surface area contributed by atoms with Crippen LogP contribution in [0.25, 0.3) is 10.2 Å². The van der Waals surface area contributed by atoms with Crippen molar-refractivity contribution in [3.8, 4) is 0 Å². The molecular formula is C17H18N2O2S3. The fraction of sp³-hybridized carbons (Fsp3) is 0.235. The molecule has 0 atom stereocenters. The second-order valence-corrected chi connectivity index (χ2v) is 10.5. The van der Waals surface area contributed by atoms with Crippen LogP contribution in [-0.4, -0.2) is 22.7 Å². The van der Waals surface area contributed by atoms with Gasteiger partial charge in [0.25, 0.3) is 10.0 Å². The minimum absolute atomic E-state index is 0.127. The van der Waals surface area contributed by atoms with E-state index in [-0.39, 0.29) is 4.34 Å². The Balaban J connectivity index is 2.05. The van der Waals surface area contributed by atoms with Gasteiger partial charge in [-0.2, -0.15) is 0 Å². The minimum atomic E-state index is -3.72. The first-order valence-electron chi connectivity index (χ1n) is 7.42. The molecule has 1 heterocycles. The van der Waals surface area contributed by atoms with Gasteiger partial charge < -0.3 is 0 Å². The van der Waals surface area contributed by atoms with Crippen LogP contribution in [0.1, 0.15) is 20.8 Å². The normalized spacial score (nSPS) is 12.8. The van der Waals surface area contributed by atoms with Crippen molar-refractivity contribution in [2.45, 2.75) is 35.5 Å². The van der Waals surface area contributed by atoms with Gasteiger partial charge in [-0.3, -0.25) is 0 Å². The van der Waals surface area contributed by atoms with E-state index in [0.717, 1.165) is 9.60 Å². The lowest BCUT2D eigenvalue weighted by molar-refractivity contribution is 0.378. The highest BCUT2D eigenvalue weighted by Crippen LogP contribution is 2.38. The van der Waals surface area contributed by atoms with E-state index in [1.165, 1.54) is 27.0 Å². The molecule has 0 amide bonds. The number of fused-ring (bicyclic) bond motifs is 1. The number of aromatic nitrogens is 1. The molecule has 24 heavy (non-hydrogen) atoms. The highest BCUT2D eigenvalue weighted by molar-refractivity contribution is 8.09. The summed E-state index contributed by atoms with van der Waals surface area (Å²) in [6.07, 6.45) is 0. The Kier molecular flexibility index (Phi) is 4.70. The molecule has 4 nitrogen and oxygen atoms in total. The summed E-state index contributed by atoms with van der Waals surface area (Å²) in [7, 11) is -3.72. The molecule has 0 aliphatic carbocycles. The Hall–Kier alpha value is -1.41. The SMILES string of the molecule is CC(C)(C)N(Sc1ccccc1)S(=O)(=O)c1nc2ccccc2s1. The Bertz CT molecular complexity index is 912. The lowest BCUT2D eigenvalue weighted by Crippen LogP contribution is -2.40. The number of nitrogens with zero attached hydrogens (tertiary/aromatic N) is 2. The summed E-state index contributed by atoms with van der Waals surface area (Å²) in [6, 6.07) is 17.0. The lowest BCUT2D eigenvalue weighted by atomic mass is 10.1. The first kappa shape index (κ1) is 17.4. The highest BCUT2D eigenvalue weighted by Gasteiger charge is 2.37. The van der Waals surface area contributed by atoms with E-state index in [2.05, 4.69) is 4.98 Å². The largest absolute Gasteiger partial charge is 0.280 e. The minimum Gasteiger partial charge on any atom is -0.224 e. The topological polar surface area (TPSA) is 50.3 Å². The fourth-order valence-electron chi connectivity index (χ4n) is 2.16. The van der Waals surface area contributed by atoms with E-state index in [1.807, 2.05) is 75.4 Å². The number of hydrogen-bond donors (Lipinski definition) is 0. The van der Waals surface area contributed by atoms with Gasteiger partial charge in [0.05, 0.1) is 10.2 Å². The molecule has 2 aromatic carbocycles. The summed E-state index contributed by atoms with van der Waals surface area (Å²) in [4.78, 5) is 5.21. The molecule has 126 valence electrons. The van der Waals surface area contributed by atoms with Gasteiger partial charge in [0.2, 0.25) is 4.34 Å². The third kappa shape index (κ3) is 3.49. The number of sulfonamides is 1. The van der Waals surface area contributed by atoms with E-state index in [9.17, 15) is 8.42 Å². The Morgan fingerprint density at radius 3 is 2.25 bits per heavy atom. The predicted octanol–water partition coefficient (Wildman–Crippen LogP) is 4.79. The van der Waals surface area contributed by atoms with Gasteiger partial charge in [-0.1, -0.05) is 30.3 Å².